The second-order valence-electron chi connectivity index (χ2n) is 5.79. The maximum absolute atomic E-state index is 13.1. The maximum Gasteiger partial charge on any atom is 0.236 e. The van der Waals surface area contributed by atoms with E-state index < -0.39 is 5.41 Å². The molecule has 0 aromatic heterocycles. The second-order valence-corrected chi connectivity index (χ2v) is 5.79. The van der Waals surface area contributed by atoms with Gasteiger partial charge < -0.3 is 20.9 Å². The first-order chi connectivity index (χ1) is 10.1. The molecule has 0 spiro atoms. The predicted molar refractivity (Wildman–Crippen MR) is 82.1 cm³/mol. The van der Waals surface area contributed by atoms with Gasteiger partial charge in [-0.15, -0.1) is 0 Å². The molecule has 6 heteroatoms. The largest absolute Gasteiger partial charge is 0.409 e. The molecule has 122 valence electrons. The summed E-state index contributed by atoms with van der Waals surface area (Å²) < 4.78 is 0. The van der Waals surface area contributed by atoms with Crippen molar-refractivity contribution in [2.24, 2.45) is 16.3 Å². The summed E-state index contributed by atoms with van der Waals surface area (Å²) in [6.07, 6.45) is 6.30. The van der Waals surface area contributed by atoms with Crippen molar-refractivity contribution in [1.82, 2.24) is 4.90 Å². The van der Waals surface area contributed by atoms with E-state index in [0.717, 1.165) is 25.7 Å². The molecule has 0 heterocycles. The van der Waals surface area contributed by atoms with Gasteiger partial charge in [-0.1, -0.05) is 38.3 Å². The van der Waals surface area contributed by atoms with Crippen molar-refractivity contribution in [3.05, 3.63) is 0 Å². The van der Waals surface area contributed by atoms with Crippen molar-refractivity contribution in [1.29, 1.82) is 0 Å². The summed E-state index contributed by atoms with van der Waals surface area (Å²) >= 11 is 0. The molecule has 0 aromatic carbocycles. The van der Waals surface area contributed by atoms with Crippen molar-refractivity contribution >= 4 is 11.7 Å². The average Bonchev–Trinajstić information content (AvgIpc) is 2.54. The lowest BCUT2D eigenvalue weighted by atomic mass is 9.78. The Morgan fingerprint density at radius 2 is 1.86 bits per heavy atom. The van der Waals surface area contributed by atoms with E-state index in [2.05, 4.69) is 5.16 Å². The third-order valence-electron chi connectivity index (χ3n) is 4.83. The lowest BCUT2D eigenvalue weighted by Crippen LogP contribution is -2.55. The van der Waals surface area contributed by atoms with E-state index >= 15 is 0 Å². The van der Waals surface area contributed by atoms with Gasteiger partial charge in [0.25, 0.3) is 0 Å². The van der Waals surface area contributed by atoms with Crippen molar-refractivity contribution in [3.8, 4) is 0 Å². The predicted octanol–water partition coefficient (Wildman–Crippen LogP) is 1.69. The van der Waals surface area contributed by atoms with Crippen LogP contribution in [-0.2, 0) is 4.79 Å². The fourth-order valence-corrected chi connectivity index (χ4v) is 3.35. The topological polar surface area (TPSA) is 99.2 Å². The van der Waals surface area contributed by atoms with Crippen LogP contribution in [0.2, 0.25) is 0 Å². The van der Waals surface area contributed by atoms with Crippen LogP contribution in [0, 0.1) is 5.41 Å². The number of carbonyl (C=O) groups is 1. The van der Waals surface area contributed by atoms with Crippen LogP contribution in [0.1, 0.15) is 58.8 Å². The zero-order chi connectivity index (χ0) is 15.9. The molecule has 1 aliphatic rings. The van der Waals surface area contributed by atoms with Crippen LogP contribution in [0.15, 0.2) is 5.16 Å². The minimum atomic E-state index is -0.971. The summed E-state index contributed by atoms with van der Waals surface area (Å²) in [5, 5.41) is 21.5. The normalized spacial score (nSPS) is 17.8. The summed E-state index contributed by atoms with van der Waals surface area (Å²) in [5.74, 6) is -0.153. The maximum atomic E-state index is 13.1. The molecule has 6 nitrogen and oxygen atoms in total. The molecular weight excluding hydrogens is 270 g/mol. The molecule has 0 bridgehead atoms. The Labute approximate surface area is 127 Å². The number of nitrogens with zero attached hydrogens (tertiary/aromatic N) is 2. The van der Waals surface area contributed by atoms with Crippen LogP contribution in [0.25, 0.3) is 0 Å². The fourth-order valence-electron chi connectivity index (χ4n) is 3.35. The van der Waals surface area contributed by atoms with E-state index in [1.165, 1.54) is 6.42 Å². The Hall–Kier alpha value is -1.30. The van der Waals surface area contributed by atoms with Crippen LogP contribution in [0.5, 0.6) is 0 Å². The van der Waals surface area contributed by atoms with Gasteiger partial charge in [-0.2, -0.15) is 0 Å². The number of carbonyl (C=O) groups excluding carboxylic acids is 1. The Kier molecular flexibility index (Phi) is 6.95. The van der Waals surface area contributed by atoms with E-state index in [-0.39, 0.29) is 24.4 Å². The summed E-state index contributed by atoms with van der Waals surface area (Å²) in [7, 11) is 0. The third-order valence-corrected chi connectivity index (χ3v) is 4.83. The van der Waals surface area contributed by atoms with Crippen LogP contribution in [0.3, 0.4) is 0 Å². The van der Waals surface area contributed by atoms with E-state index in [4.69, 9.17) is 10.9 Å². The first kappa shape index (κ1) is 17.8. The average molecular weight is 299 g/mol. The molecular formula is C15H29N3O3. The molecule has 0 aromatic rings. The minimum Gasteiger partial charge on any atom is -0.409 e. The van der Waals surface area contributed by atoms with Crippen LogP contribution in [-0.4, -0.2) is 46.1 Å². The van der Waals surface area contributed by atoms with E-state index in [1.807, 2.05) is 13.8 Å². The van der Waals surface area contributed by atoms with Crippen molar-refractivity contribution < 1.29 is 15.1 Å². The summed E-state index contributed by atoms with van der Waals surface area (Å²) in [4.78, 5) is 14.8. The lowest BCUT2D eigenvalue weighted by molar-refractivity contribution is -0.142. The number of oxime groups is 1. The number of hydrogen-bond donors (Lipinski definition) is 3. The highest BCUT2D eigenvalue weighted by Crippen LogP contribution is 2.33. The van der Waals surface area contributed by atoms with Gasteiger partial charge in [0.05, 0.1) is 6.61 Å². The Morgan fingerprint density at radius 3 is 2.29 bits per heavy atom. The molecule has 1 rings (SSSR count). The number of aliphatic hydroxyl groups excluding tert-OH is 1. The molecule has 0 atom stereocenters. The van der Waals surface area contributed by atoms with Crippen LogP contribution >= 0.6 is 0 Å². The van der Waals surface area contributed by atoms with E-state index in [9.17, 15) is 9.90 Å². The van der Waals surface area contributed by atoms with Gasteiger partial charge in [0.1, 0.15) is 5.41 Å². The number of nitrogens with two attached hydrogens (primary N) is 1. The van der Waals surface area contributed by atoms with Crippen molar-refractivity contribution in [3.63, 3.8) is 0 Å². The number of hydrogen-bond acceptors (Lipinski definition) is 4. The highest BCUT2D eigenvalue weighted by molar-refractivity contribution is 6.06. The van der Waals surface area contributed by atoms with Gasteiger partial charge in [-0.3, -0.25) is 4.79 Å². The zero-order valence-corrected chi connectivity index (χ0v) is 13.2. The summed E-state index contributed by atoms with van der Waals surface area (Å²) in [6, 6.07) is 0.155. The van der Waals surface area contributed by atoms with Gasteiger partial charge in [0.2, 0.25) is 5.91 Å². The van der Waals surface area contributed by atoms with Crippen molar-refractivity contribution in [2.75, 3.05) is 13.2 Å². The molecule has 21 heavy (non-hydrogen) atoms. The fraction of sp³-hybridized carbons (Fsp3) is 0.867. The molecule has 0 aliphatic heterocycles. The minimum absolute atomic E-state index is 0.0313. The van der Waals surface area contributed by atoms with Gasteiger partial charge >= 0.3 is 0 Å². The Balaban J connectivity index is 3.06. The number of aliphatic hydroxyl groups is 1. The highest BCUT2D eigenvalue weighted by Gasteiger charge is 2.44. The molecule has 1 aliphatic carbocycles. The molecule has 0 radical (unpaired) electrons. The smallest absolute Gasteiger partial charge is 0.236 e. The quantitative estimate of drug-likeness (QED) is 0.288. The zero-order valence-electron chi connectivity index (χ0n) is 13.2. The number of amides is 1. The SMILES string of the molecule is CCC(CC)(C(=O)N(CCO)C1CCCCC1)C(N)=NO. The monoisotopic (exact) mass is 299 g/mol. The molecule has 1 fully saturated rings. The van der Waals surface area contributed by atoms with Gasteiger partial charge in [-0.25, -0.2) is 0 Å². The van der Waals surface area contributed by atoms with Gasteiger partial charge in [0.15, 0.2) is 5.84 Å². The first-order valence-electron chi connectivity index (χ1n) is 7.97. The molecule has 1 saturated carbocycles. The Morgan fingerprint density at radius 1 is 1.29 bits per heavy atom. The third kappa shape index (κ3) is 3.67. The molecule has 4 N–H and O–H groups in total. The van der Waals surface area contributed by atoms with Crippen LogP contribution < -0.4 is 5.73 Å². The van der Waals surface area contributed by atoms with Crippen LogP contribution in [0.4, 0.5) is 0 Å². The molecule has 0 unspecified atom stereocenters. The summed E-state index contributed by atoms with van der Waals surface area (Å²) in [6.45, 7) is 3.99. The standard InChI is InChI=1S/C15H29N3O3/c1-3-15(4-2,13(16)17-21)14(20)18(10-11-19)12-8-6-5-7-9-12/h12,19,21H,3-11H2,1-2H3,(H2,16,17). The summed E-state index contributed by atoms with van der Waals surface area (Å²) in [5.41, 5.74) is 4.86. The highest BCUT2D eigenvalue weighted by atomic mass is 16.4. The number of amidine groups is 1. The Bertz CT molecular complexity index is 361. The van der Waals surface area contributed by atoms with E-state index in [0.29, 0.717) is 19.4 Å². The van der Waals surface area contributed by atoms with Gasteiger partial charge in [-0.05, 0) is 25.7 Å². The van der Waals surface area contributed by atoms with E-state index in [1.54, 1.807) is 4.90 Å². The first-order valence-corrected chi connectivity index (χ1v) is 7.97. The number of rotatable bonds is 7. The van der Waals surface area contributed by atoms with Gasteiger partial charge in [0, 0.05) is 12.6 Å². The molecule has 1 amide bonds. The second kappa shape index (κ2) is 8.22. The molecule has 0 saturated heterocycles. The van der Waals surface area contributed by atoms with Crippen molar-refractivity contribution in [2.45, 2.75) is 64.8 Å². The lowest BCUT2D eigenvalue weighted by Gasteiger charge is -2.40.